The van der Waals surface area contributed by atoms with Crippen LogP contribution in [-0.2, 0) is 0 Å². The van der Waals surface area contributed by atoms with Gasteiger partial charge in [0.2, 0.25) is 5.95 Å². The average molecular weight is 362 g/mol. The summed E-state index contributed by atoms with van der Waals surface area (Å²) >= 11 is 0. The summed E-state index contributed by atoms with van der Waals surface area (Å²) in [7, 11) is 1.61. The third-order valence-electron chi connectivity index (χ3n) is 4.13. The van der Waals surface area contributed by atoms with Crippen molar-refractivity contribution in [3.05, 3.63) is 72.1 Å². The van der Waals surface area contributed by atoms with Gasteiger partial charge in [-0.15, -0.1) is 0 Å². The van der Waals surface area contributed by atoms with Crippen LogP contribution < -0.4 is 15.0 Å². The van der Waals surface area contributed by atoms with Crippen molar-refractivity contribution < 1.29 is 9.53 Å². The van der Waals surface area contributed by atoms with Gasteiger partial charge in [-0.05, 0) is 43.7 Å². The summed E-state index contributed by atoms with van der Waals surface area (Å²) in [5.74, 6) is 0.965. The molecule has 0 aliphatic heterocycles. The Balaban J connectivity index is 1.79. The third-order valence-corrected chi connectivity index (χ3v) is 4.13. The van der Waals surface area contributed by atoms with E-state index in [4.69, 9.17) is 4.74 Å². The highest BCUT2D eigenvalue weighted by atomic mass is 16.5. The van der Waals surface area contributed by atoms with E-state index in [2.05, 4.69) is 15.3 Å². The lowest BCUT2D eigenvalue weighted by Gasteiger charge is -2.20. The van der Waals surface area contributed by atoms with Crippen molar-refractivity contribution in [1.82, 2.24) is 9.97 Å². The third kappa shape index (κ3) is 4.23. The van der Waals surface area contributed by atoms with Crippen LogP contribution in [-0.4, -0.2) is 29.5 Å². The summed E-state index contributed by atoms with van der Waals surface area (Å²) in [5, 5.41) is 3.13. The molecular weight excluding hydrogens is 340 g/mol. The summed E-state index contributed by atoms with van der Waals surface area (Å²) in [5.41, 5.74) is 3.14. The van der Waals surface area contributed by atoms with E-state index in [0.29, 0.717) is 23.8 Å². The molecular formula is C21H22N4O2. The molecule has 0 saturated carbocycles. The number of nitrogens with one attached hydrogen (secondary N) is 1. The van der Waals surface area contributed by atoms with Crippen LogP contribution in [0.3, 0.4) is 0 Å². The number of para-hydroxylation sites is 1. The second-order valence-corrected chi connectivity index (χ2v) is 6.01. The number of hydrogen-bond acceptors (Lipinski definition) is 5. The number of anilines is 3. The second-order valence-electron chi connectivity index (χ2n) is 6.01. The summed E-state index contributed by atoms with van der Waals surface area (Å²) in [4.78, 5) is 23.1. The number of nitrogens with zero attached hydrogens (tertiary/aromatic N) is 3. The molecule has 0 bridgehead atoms. The van der Waals surface area contributed by atoms with Gasteiger partial charge < -0.3 is 15.0 Å². The predicted octanol–water partition coefficient (Wildman–Crippen LogP) is 4.20. The fraction of sp³-hybridized carbons (Fsp3) is 0.190. The van der Waals surface area contributed by atoms with Gasteiger partial charge in [-0.2, -0.15) is 0 Å². The van der Waals surface area contributed by atoms with Crippen LogP contribution in [0.4, 0.5) is 17.3 Å². The minimum absolute atomic E-state index is 0.136. The minimum Gasteiger partial charge on any atom is -0.495 e. The number of rotatable bonds is 6. The number of benzene rings is 2. The van der Waals surface area contributed by atoms with Crippen molar-refractivity contribution in [2.45, 2.75) is 13.8 Å². The normalized spacial score (nSPS) is 10.3. The van der Waals surface area contributed by atoms with Gasteiger partial charge in [-0.25, -0.2) is 9.97 Å². The molecule has 138 valence electrons. The molecule has 0 unspecified atom stereocenters. The van der Waals surface area contributed by atoms with Gasteiger partial charge >= 0.3 is 0 Å². The molecule has 3 rings (SSSR count). The maximum Gasteiger partial charge on any atom is 0.261 e. The Morgan fingerprint density at radius 2 is 1.81 bits per heavy atom. The van der Waals surface area contributed by atoms with Gasteiger partial charge in [0.15, 0.2) is 0 Å². The molecule has 1 aromatic heterocycles. The molecule has 2 aromatic carbocycles. The van der Waals surface area contributed by atoms with Gasteiger partial charge in [0.25, 0.3) is 5.91 Å². The van der Waals surface area contributed by atoms with E-state index in [-0.39, 0.29) is 5.91 Å². The number of carbonyl (C=O) groups is 1. The lowest BCUT2D eigenvalue weighted by atomic mass is 10.2. The maximum absolute atomic E-state index is 12.8. The van der Waals surface area contributed by atoms with Crippen molar-refractivity contribution in [3.8, 4) is 5.75 Å². The zero-order chi connectivity index (χ0) is 19.2. The molecule has 0 radical (unpaired) electrons. The Bertz CT molecular complexity index is 911. The van der Waals surface area contributed by atoms with Crippen LogP contribution in [0, 0.1) is 6.92 Å². The Kier molecular flexibility index (Phi) is 5.66. The van der Waals surface area contributed by atoms with Gasteiger partial charge in [0, 0.05) is 24.6 Å². The molecule has 0 aliphatic rings. The SMILES string of the molecule is CCN(C(=O)c1cnc(Nc2cc(C)ccc2OC)nc1)c1ccccc1. The zero-order valence-electron chi connectivity index (χ0n) is 15.6. The number of aromatic nitrogens is 2. The molecule has 1 heterocycles. The number of hydrogen-bond donors (Lipinski definition) is 1. The number of amides is 1. The topological polar surface area (TPSA) is 67.4 Å². The Morgan fingerprint density at radius 3 is 2.44 bits per heavy atom. The summed E-state index contributed by atoms with van der Waals surface area (Å²) in [6.45, 7) is 4.49. The molecule has 6 nitrogen and oxygen atoms in total. The van der Waals surface area contributed by atoms with Crippen LogP contribution >= 0.6 is 0 Å². The Hall–Kier alpha value is -3.41. The van der Waals surface area contributed by atoms with Crippen molar-refractivity contribution in [2.75, 3.05) is 23.9 Å². The van der Waals surface area contributed by atoms with Gasteiger partial charge in [0.1, 0.15) is 5.75 Å². The molecule has 0 saturated heterocycles. The quantitative estimate of drug-likeness (QED) is 0.712. The van der Waals surface area contributed by atoms with E-state index in [1.165, 1.54) is 12.4 Å². The Labute approximate surface area is 158 Å². The fourth-order valence-corrected chi connectivity index (χ4v) is 2.75. The minimum atomic E-state index is -0.136. The van der Waals surface area contributed by atoms with Crippen LogP contribution in [0.2, 0.25) is 0 Å². The molecule has 3 aromatic rings. The van der Waals surface area contributed by atoms with E-state index >= 15 is 0 Å². The highest BCUT2D eigenvalue weighted by Gasteiger charge is 2.17. The highest BCUT2D eigenvalue weighted by Crippen LogP contribution is 2.27. The molecule has 0 aliphatic carbocycles. The number of aryl methyl sites for hydroxylation is 1. The van der Waals surface area contributed by atoms with Gasteiger partial charge in [-0.1, -0.05) is 24.3 Å². The zero-order valence-corrected chi connectivity index (χ0v) is 15.6. The van der Waals surface area contributed by atoms with Crippen molar-refractivity contribution in [2.24, 2.45) is 0 Å². The molecule has 6 heteroatoms. The number of methoxy groups -OCH3 is 1. The first-order valence-electron chi connectivity index (χ1n) is 8.73. The van der Waals surface area contributed by atoms with Gasteiger partial charge in [0.05, 0.1) is 18.4 Å². The second kappa shape index (κ2) is 8.31. The largest absolute Gasteiger partial charge is 0.495 e. The van der Waals surface area contributed by atoms with E-state index in [0.717, 1.165) is 16.9 Å². The molecule has 0 spiro atoms. The summed E-state index contributed by atoms with van der Waals surface area (Å²) < 4.78 is 5.35. The first-order chi connectivity index (χ1) is 13.1. The predicted molar refractivity (Wildman–Crippen MR) is 107 cm³/mol. The number of ether oxygens (including phenoxy) is 1. The van der Waals surface area contributed by atoms with Crippen molar-refractivity contribution in [1.29, 1.82) is 0 Å². The van der Waals surface area contributed by atoms with E-state index in [1.807, 2.05) is 62.4 Å². The molecule has 0 atom stereocenters. The smallest absolute Gasteiger partial charge is 0.261 e. The van der Waals surface area contributed by atoms with E-state index < -0.39 is 0 Å². The van der Waals surface area contributed by atoms with E-state index in [9.17, 15) is 4.79 Å². The van der Waals surface area contributed by atoms with Crippen LogP contribution in [0.1, 0.15) is 22.8 Å². The molecule has 1 N–H and O–H groups in total. The lowest BCUT2D eigenvalue weighted by molar-refractivity contribution is 0.0987. The molecule has 0 fully saturated rings. The van der Waals surface area contributed by atoms with Crippen LogP contribution in [0.5, 0.6) is 5.75 Å². The van der Waals surface area contributed by atoms with Crippen molar-refractivity contribution >= 4 is 23.2 Å². The fourth-order valence-electron chi connectivity index (χ4n) is 2.75. The molecule has 1 amide bonds. The average Bonchev–Trinajstić information content (AvgIpc) is 2.70. The van der Waals surface area contributed by atoms with Crippen LogP contribution in [0.15, 0.2) is 60.9 Å². The number of carbonyl (C=O) groups excluding carboxylic acids is 1. The lowest BCUT2D eigenvalue weighted by Crippen LogP contribution is -2.30. The highest BCUT2D eigenvalue weighted by molar-refractivity contribution is 6.05. The molecule has 27 heavy (non-hydrogen) atoms. The maximum atomic E-state index is 12.8. The standard InChI is InChI=1S/C21H22N4O2/c1-4-25(17-8-6-5-7-9-17)20(26)16-13-22-21(23-14-16)24-18-12-15(2)10-11-19(18)27-3/h5-14H,4H2,1-3H3,(H,22,23,24). The van der Waals surface area contributed by atoms with Crippen molar-refractivity contribution in [3.63, 3.8) is 0 Å². The van der Waals surface area contributed by atoms with Crippen LogP contribution in [0.25, 0.3) is 0 Å². The first kappa shape index (κ1) is 18.4. The first-order valence-corrected chi connectivity index (χ1v) is 8.73. The van der Waals surface area contributed by atoms with Gasteiger partial charge in [-0.3, -0.25) is 4.79 Å². The Morgan fingerprint density at radius 1 is 1.11 bits per heavy atom. The van der Waals surface area contributed by atoms with E-state index in [1.54, 1.807) is 12.0 Å². The summed E-state index contributed by atoms with van der Waals surface area (Å²) in [6.07, 6.45) is 3.07. The monoisotopic (exact) mass is 362 g/mol. The summed E-state index contributed by atoms with van der Waals surface area (Å²) in [6, 6.07) is 15.4.